The van der Waals surface area contributed by atoms with Crippen LogP contribution in [-0.4, -0.2) is 55.1 Å². The molecule has 0 spiro atoms. The predicted molar refractivity (Wildman–Crippen MR) is 110 cm³/mol. The number of carbonyl (C=O) groups excluding carboxylic acids is 1. The number of benzene rings is 2. The van der Waals surface area contributed by atoms with Crippen LogP contribution in [0, 0.1) is 5.82 Å². The Kier molecular flexibility index (Phi) is 6.96. The van der Waals surface area contributed by atoms with E-state index in [1.807, 2.05) is 0 Å². The third-order valence-electron chi connectivity index (χ3n) is 4.70. The van der Waals surface area contributed by atoms with Gasteiger partial charge in [-0.1, -0.05) is 42.5 Å². The summed E-state index contributed by atoms with van der Waals surface area (Å²) in [6, 6.07) is 14.0. The van der Waals surface area contributed by atoms with Crippen LogP contribution in [-0.2, 0) is 17.8 Å². The molecule has 0 saturated carbocycles. The third kappa shape index (κ3) is 5.55. The SMILES string of the molecule is O=C(N[C@H](Cc1ccccc1)[C@@H](O)C(=O)O)c1cc(C(=O)O)n(Cc2cccc(F)c2)n1. The van der Waals surface area contributed by atoms with E-state index in [-0.39, 0.29) is 24.4 Å². The Bertz CT molecular complexity index is 1130. The molecule has 0 aliphatic rings. The van der Waals surface area contributed by atoms with E-state index in [9.17, 15) is 34.1 Å². The Balaban J connectivity index is 1.84. The van der Waals surface area contributed by atoms with Gasteiger partial charge < -0.3 is 20.6 Å². The van der Waals surface area contributed by atoms with Gasteiger partial charge in [0.05, 0.1) is 12.6 Å². The second-order valence-corrected chi connectivity index (χ2v) is 7.06. The van der Waals surface area contributed by atoms with E-state index in [1.165, 1.54) is 18.2 Å². The standard InChI is InChI=1S/C22H20FN3O6/c23-15-8-4-7-14(9-15)12-26-18(21(29)30)11-17(25-26)20(28)24-16(19(27)22(31)32)10-13-5-2-1-3-6-13/h1-9,11,16,19,27H,10,12H2,(H,24,28)(H,29,30)(H,31,32)/t16-,19-/m1/s1. The van der Waals surface area contributed by atoms with Gasteiger partial charge in [0.2, 0.25) is 0 Å². The van der Waals surface area contributed by atoms with Crippen molar-refractivity contribution in [2.75, 3.05) is 0 Å². The van der Waals surface area contributed by atoms with Gasteiger partial charge in [0.1, 0.15) is 11.5 Å². The number of aliphatic hydroxyl groups excluding tert-OH is 1. The number of hydrogen-bond acceptors (Lipinski definition) is 5. The molecule has 0 aliphatic heterocycles. The highest BCUT2D eigenvalue weighted by Crippen LogP contribution is 2.12. The molecule has 32 heavy (non-hydrogen) atoms. The molecule has 1 heterocycles. The Hall–Kier alpha value is -4.05. The smallest absolute Gasteiger partial charge is 0.354 e. The predicted octanol–water partition coefficient (Wildman–Crippen LogP) is 1.56. The second-order valence-electron chi connectivity index (χ2n) is 7.06. The number of carboxylic acids is 2. The van der Waals surface area contributed by atoms with Gasteiger partial charge >= 0.3 is 11.9 Å². The summed E-state index contributed by atoms with van der Waals surface area (Å²) in [5, 5.41) is 35.1. The topological polar surface area (TPSA) is 142 Å². The number of halogens is 1. The Labute approximate surface area is 181 Å². The number of amides is 1. The van der Waals surface area contributed by atoms with Gasteiger partial charge in [-0.25, -0.2) is 14.0 Å². The van der Waals surface area contributed by atoms with Crippen molar-refractivity contribution < 1.29 is 34.1 Å². The van der Waals surface area contributed by atoms with Gasteiger partial charge in [0.15, 0.2) is 11.8 Å². The fourth-order valence-electron chi connectivity index (χ4n) is 3.15. The van der Waals surface area contributed by atoms with Crippen LogP contribution in [0.4, 0.5) is 4.39 Å². The van der Waals surface area contributed by atoms with Gasteiger partial charge in [-0.3, -0.25) is 9.48 Å². The quantitative estimate of drug-likeness (QED) is 0.395. The summed E-state index contributed by atoms with van der Waals surface area (Å²) < 4.78 is 14.5. The number of rotatable bonds is 9. The highest BCUT2D eigenvalue weighted by Gasteiger charge is 2.29. The number of aliphatic hydroxyl groups is 1. The van der Waals surface area contributed by atoms with Crippen molar-refractivity contribution in [3.05, 3.63) is 89.0 Å². The molecule has 0 bridgehead atoms. The molecule has 0 saturated heterocycles. The van der Waals surface area contributed by atoms with Crippen molar-refractivity contribution in [1.82, 2.24) is 15.1 Å². The summed E-state index contributed by atoms with van der Waals surface area (Å²) in [7, 11) is 0. The number of aromatic nitrogens is 2. The van der Waals surface area contributed by atoms with Crippen molar-refractivity contribution in [2.45, 2.75) is 25.1 Å². The molecule has 10 heteroatoms. The zero-order chi connectivity index (χ0) is 23.3. The number of carbonyl (C=O) groups is 3. The van der Waals surface area contributed by atoms with E-state index >= 15 is 0 Å². The molecular weight excluding hydrogens is 421 g/mol. The maximum atomic E-state index is 13.4. The normalized spacial score (nSPS) is 12.7. The van der Waals surface area contributed by atoms with Crippen LogP contribution >= 0.6 is 0 Å². The zero-order valence-electron chi connectivity index (χ0n) is 16.7. The summed E-state index contributed by atoms with van der Waals surface area (Å²) in [5.41, 5.74) is 0.527. The zero-order valence-corrected chi connectivity index (χ0v) is 16.7. The molecule has 0 radical (unpaired) electrons. The number of nitrogens with zero attached hydrogens (tertiary/aromatic N) is 2. The number of aromatic carboxylic acids is 1. The molecule has 0 aliphatic carbocycles. The number of hydrogen-bond donors (Lipinski definition) is 4. The molecule has 2 aromatic carbocycles. The highest BCUT2D eigenvalue weighted by atomic mass is 19.1. The van der Waals surface area contributed by atoms with Crippen molar-refractivity contribution in [1.29, 1.82) is 0 Å². The van der Waals surface area contributed by atoms with Crippen LogP contribution in [0.15, 0.2) is 60.7 Å². The lowest BCUT2D eigenvalue weighted by Crippen LogP contribution is -2.48. The average Bonchev–Trinajstić information content (AvgIpc) is 3.17. The summed E-state index contributed by atoms with van der Waals surface area (Å²) in [6.07, 6.45) is -1.87. The summed E-state index contributed by atoms with van der Waals surface area (Å²) in [6.45, 7) is -0.0993. The van der Waals surface area contributed by atoms with Crippen LogP contribution in [0.25, 0.3) is 0 Å². The van der Waals surface area contributed by atoms with Crippen LogP contribution in [0.3, 0.4) is 0 Å². The average molecular weight is 441 g/mol. The molecule has 3 rings (SSSR count). The maximum Gasteiger partial charge on any atom is 0.354 e. The largest absolute Gasteiger partial charge is 0.479 e. The minimum Gasteiger partial charge on any atom is -0.479 e. The first-order valence-corrected chi connectivity index (χ1v) is 9.56. The highest BCUT2D eigenvalue weighted by molar-refractivity contribution is 5.96. The molecule has 1 amide bonds. The summed E-state index contributed by atoms with van der Waals surface area (Å²) in [4.78, 5) is 35.6. The van der Waals surface area contributed by atoms with Gasteiger partial charge in [-0.15, -0.1) is 0 Å². The molecular formula is C22H20FN3O6. The Morgan fingerprint density at radius 3 is 2.31 bits per heavy atom. The lowest BCUT2D eigenvalue weighted by molar-refractivity contribution is -0.148. The van der Waals surface area contributed by atoms with E-state index < -0.39 is 35.8 Å². The minimum atomic E-state index is -1.90. The fraction of sp³-hybridized carbons (Fsp3) is 0.182. The number of aliphatic carboxylic acids is 1. The first kappa shape index (κ1) is 22.6. The third-order valence-corrected chi connectivity index (χ3v) is 4.70. The molecule has 1 aromatic heterocycles. The minimum absolute atomic E-state index is 0.0236. The van der Waals surface area contributed by atoms with Crippen molar-refractivity contribution in [3.63, 3.8) is 0 Å². The molecule has 3 aromatic rings. The Morgan fingerprint density at radius 1 is 1.00 bits per heavy atom. The van der Waals surface area contributed by atoms with E-state index in [1.54, 1.807) is 36.4 Å². The van der Waals surface area contributed by atoms with E-state index in [2.05, 4.69) is 10.4 Å². The first-order chi connectivity index (χ1) is 15.2. The number of carboxylic acid groups (broad SMARTS) is 2. The molecule has 4 N–H and O–H groups in total. The maximum absolute atomic E-state index is 13.4. The summed E-state index contributed by atoms with van der Waals surface area (Å²) in [5.74, 6) is -4.23. The monoisotopic (exact) mass is 441 g/mol. The molecule has 2 atom stereocenters. The molecule has 166 valence electrons. The van der Waals surface area contributed by atoms with Crippen molar-refractivity contribution in [3.8, 4) is 0 Å². The number of nitrogens with one attached hydrogen (secondary N) is 1. The van der Waals surface area contributed by atoms with E-state index in [0.29, 0.717) is 11.1 Å². The van der Waals surface area contributed by atoms with Gasteiger partial charge in [0, 0.05) is 6.07 Å². The van der Waals surface area contributed by atoms with Crippen LogP contribution in [0.1, 0.15) is 32.1 Å². The second kappa shape index (κ2) is 9.84. The van der Waals surface area contributed by atoms with Gasteiger partial charge in [0.25, 0.3) is 5.91 Å². The first-order valence-electron chi connectivity index (χ1n) is 9.56. The van der Waals surface area contributed by atoms with Crippen molar-refractivity contribution >= 4 is 17.8 Å². The van der Waals surface area contributed by atoms with Gasteiger partial charge in [-0.05, 0) is 29.7 Å². The van der Waals surface area contributed by atoms with Crippen LogP contribution < -0.4 is 5.32 Å². The summed E-state index contributed by atoms with van der Waals surface area (Å²) >= 11 is 0. The van der Waals surface area contributed by atoms with Crippen LogP contribution in [0.2, 0.25) is 0 Å². The molecule has 0 fully saturated rings. The Morgan fingerprint density at radius 2 is 1.69 bits per heavy atom. The van der Waals surface area contributed by atoms with Crippen molar-refractivity contribution in [2.24, 2.45) is 0 Å². The lowest BCUT2D eigenvalue weighted by atomic mass is 10.0. The fourth-order valence-corrected chi connectivity index (χ4v) is 3.15. The van der Waals surface area contributed by atoms with Gasteiger partial charge in [-0.2, -0.15) is 5.10 Å². The molecule has 9 nitrogen and oxygen atoms in total. The van der Waals surface area contributed by atoms with E-state index in [0.717, 1.165) is 10.7 Å². The molecule has 0 unspecified atom stereocenters. The lowest BCUT2D eigenvalue weighted by Gasteiger charge is -2.21. The van der Waals surface area contributed by atoms with Crippen LogP contribution in [0.5, 0.6) is 0 Å². The van der Waals surface area contributed by atoms with E-state index in [4.69, 9.17) is 0 Å².